The SMILES string of the molecule is CCC(N)N1C(=O)c2ccc3c(c2C1=O)OC(=O)C(O)C(O)C(=O)O3. The minimum absolute atomic E-state index is 0.0767. The normalized spacial score (nSPS) is 24.1. The number of nitrogens with zero attached hydrogens (tertiary/aromatic N) is 1. The van der Waals surface area contributed by atoms with E-state index in [2.05, 4.69) is 0 Å². The molecule has 0 radical (unpaired) electrons. The second-order valence-corrected chi connectivity index (χ2v) is 5.50. The lowest BCUT2D eigenvalue weighted by molar-refractivity contribution is -0.164. The fraction of sp³-hybridized carbons (Fsp3) is 0.333. The number of aliphatic hydroxyl groups is 2. The number of rotatable bonds is 2. The molecule has 0 spiro atoms. The number of esters is 2. The van der Waals surface area contributed by atoms with Crippen LogP contribution in [0.5, 0.6) is 11.5 Å². The quantitative estimate of drug-likeness (QED) is 0.329. The smallest absolute Gasteiger partial charge is 0.343 e. The molecule has 1 aromatic carbocycles. The molecule has 0 fully saturated rings. The summed E-state index contributed by atoms with van der Waals surface area (Å²) in [5.41, 5.74) is 5.41. The van der Waals surface area contributed by atoms with Crippen LogP contribution >= 0.6 is 0 Å². The first kappa shape index (κ1) is 17.0. The van der Waals surface area contributed by atoms with Gasteiger partial charge in [0.2, 0.25) is 0 Å². The predicted octanol–water partition coefficient (Wildman–Crippen LogP) is -1.48. The maximum atomic E-state index is 12.6. The Labute approximate surface area is 140 Å². The number of ether oxygens (including phenoxy) is 2. The van der Waals surface area contributed by atoms with Crippen molar-refractivity contribution in [2.75, 3.05) is 0 Å². The molecule has 0 saturated heterocycles. The molecule has 0 saturated carbocycles. The van der Waals surface area contributed by atoms with Crippen LogP contribution in [0.4, 0.5) is 0 Å². The summed E-state index contributed by atoms with van der Waals surface area (Å²) < 4.78 is 9.78. The second-order valence-electron chi connectivity index (χ2n) is 5.50. The van der Waals surface area contributed by atoms with E-state index in [0.29, 0.717) is 6.42 Å². The monoisotopic (exact) mass is 350 g/mol. The third kappa shape index (κ3) is 2.47. The van der Waals surface area contributed by atoms with E-state index in [4.69, 9.17) is 15.2 Å². The average Bonchev–Trinajstić information content (AvgIpc) is 2.84. The number of carbonyl (C=O) groups is 4. The van der Waals surface area contributed by atoms with Gasteiger partial charge in [-0.1, -0.05) is 6.92 Å². The van der Waals surface area contributed by atoms with Gasteiger partial charge in [0, 0.05) is 0 Å². The Kier molecular flexibility index (Phi) is 4.03. The molecular formula is C15H14N2O8. The summed E-state index contributed by atoms with van der Waals surface area (Å²) in [5, 5.41) is 19.1. The Bertz CT molecular complexity index is 805. The van der Waals surface area contributed by atoms with E-state index >= 15 is 0 Å². The highest BCUT2D eigenvalue weighted by Gasteiger charge is 2.45. The number of benzene rings is 1. The number of imide groups is 1. The van der Waals surface area contributed by atoms with Crippen molar-refractivity contribution >= 4 is 23.8 Å². The van der Waals surface area contributed by atoms with Crippen LogP contribution in [0.25, 0.3) is 0 Å². The molecule has 4 N–H and O–H groups in total. The van der Waals surface area contributed by atoms with E-state index in [0.717, 1.165) is 11.0 Å². The van der Waals surface area contributed by atoms with Crippen molar-refractivity contribution < 1.29 is 38.9 Å². The van der Waals surface area contributed by atoms with Crippen molar-refractivity contribution in [3.8, 4) is 11.5 Å². The first-order valence-corrected chi connectivity index (χ1v) is 7.37. The molecule has 3 atom stereocenters. The minimum Gasteiger partial charge on any atom is -0.420 e. The number of carbonyl (C=O) groups excluding carboxylic acids is 4. The van der Waals surface area contributed by atoms with Gasteiger partial charge in [0.15, 0.2) is 23.7 Å². The van der Waals surface area contributed by atoms with Crippen LogP contribution < -0.4 is 15.2 Å². The molecule has 10 heteroatoms. The van der Waals surface area contributed by atoms with Gasteiger partial charge in [-0.3, -0.25) is 14.5 Å². The van der Waals surface area contributed by atoms with Crippen LogP contribution in [-0.2, 0) is 9.59 Å². The Hall–Kier alpha value is -2.82. The maximum absolute atomic E-state index is 12.6. The fourth-order valence-electron chi connectivity index (χ4n) is 2.55. The summed E-state index contributed by atoms with van der Waals surface area (Å²) in [4.78, 5) is 49.4. The number of fused-ring (bicyclic) bond motifs is 3. The van der Waals surface area contributed by atoms with Crippen molar-refractivity contribution in [1.29, 1.82) is 0 Å². The summed E-state index contributed by atoms with van der Waals surface area (Å²) in [6.45, 7) is 1.68. The van der Waals surface area contributed by atoms with Crippen LogP contribution in [0.2, 0.25) is 0 Å². The zero-order valence-corrected chi connectivity index (χ0v) is 13.0. The molecule has 0 aliphatic carbocycles. The van der Waals surface area contributed by atoms with Crippen molar-refractivity contribution in [2.24, 2.45) is 5.73 Å². The lowest BCUT2D eigenvalue weighted by Crippen LogP contribution is -2.46. The zero-order valence-electron chi connectivity index (χ0n) is 13.0. The van der Waals surface area contributed by atoms with Gasteiger partial charge >= 0.3 is 11.9 Å². The Morgan fingerprint density at radius 3 is 2.28 bits per heavy atom. The van der Waals surface area contributed by atoms with Gasteiger partial charge in [-0.05, 0) is 18.6 Å². The zero-order chi connectivity index (χ0) is 18.5. The minimum atomic E-state index is -2.20. The van der Waals surface area contributed by atoms with Crippen molar-refractivity contribution in [1.82, 2.24) is 4.90 Å². The lowest BCUT2D eigenvalue weighted by atomic mass is 10.1. The molecule has 10 nitrogen and oxygen atoms in total. The third-order valence-electron chi connectivity index (χ3n) is 3.95. The van der Waals surface area contributed by atoms with E-state index in [1.807, 2.05) is 0 Å². The van der Waals surface area contributed by atoms with E-state index < -0.39 is 47.9 Å². The summed E-state index contributed by atoms with van der Waals surface area (Å²) in [6, 6.07) is 2.37. The van der Waals surface area contributed by atoms with Crippen molar-refractivity contribution in [3.05, 3.63) is 23.3 Å². The molecule has 3 rings (SSSR count). The van der Waals surface area contributed by atoms with E-state index in [1.165, 1.54) is 6.07 Å². The molecule has 25 heavy (non-hydrogen) atoms. The number of aliphatic hydroxyl groups excluding tert-OH is 2. The fourth-order valence-corrected chi connectivity index (χ4v) is 2.55. The molecule has 0 bridgehead atoms. The van der Waals surface area contributed by atoms with E-state index in [-0.39, 0.29) is 16.9 Å². The molecule has 2 heterocycles. The summed E-state index contributed by atoms with van der Waals surface area (Å²) in [6.07, 6.45) is -4.93. The molecule has 1 aromatic rings. The van der Waals surface area contributed by atoms with Crippen LogP contribution in [0, 0.1) is 0 Å². The van der Waals surface area contributed by atoms with Crippen LogP contribution in [0.3, 0.4) is 0 Å². The highest BCUT2D eigenvalue weighted by atomic mass is 16.6. The average molecular weight is 350 g/mol. The first-order chi connectivity index (χ1) is 11.8. The lowest BCUT2D eigenvalue weighted by Gasteiger charge is -2.22. The van der Waals surface area contributed by atoms with Gasteiger partial charge in [0.1, 0.15) is 0 Å². The van der Waals surface area contributed by atoms with Gasteiger partial charge in [-0.15, -0.1) is 0 Å². The third-order valence-corrected chi connectivity index (χ3v) is 3.95. The number of hydrogen-bond donors (Lipinski definition) is 3. The molecule has 132 valence electrons. The van der Waals surface area contributed by atoms with Crippen LogP contribution in [0.1, 0.15) is 34.1 Å². The van der Waals surface area contributed by atoms with Gasteiger partial charge in [-0.25, -0.2) is 9.59 Å². The molecule has 0 aromatic heterocycles. The number of hydrogen-bond acceptors (Lipinski definition) is 9. The number of amides is 2. The molecule has 2 aliphatic rings. The second kappa shape index (κ2) is 5.92. The molecule has 2 amide bonds. The van der Waals surface area contributed by atoms with Gasteiger partial charge in [-0.2, -0.15) is 0 Å². The van der Waals surface area contributed by atoms with Gasteiger partial charge in [0.25, 0.3) is 11.8 Å². The van der Waals surface area contributed by atoms with Crippen molar-refractivity contribution in [3.63, 3.8) is 0 Å². The number of nitrogens with two attached hydrogens (primary N) is 1. The standard InChI is InChI=1S/C15H14N2O8/c1-2-7(16)17-12(20)5-3-4-6-11(8(5)13(17)21)25-15(23)10(19)9(18)14(22)24-6/h3-4,7,9-10,18-19H,2,16H2,1H3. The summed E-state index contributed by atoms with van der Waals surface area (Å²) in [7, 11) is 0. The highest BCUT2D eigenvalue weighted by molar-refractivity contribution is 6.23. The Morgan fingerprint density at radius 2 is 1.68 bits per heavy atom. The van der Waals surface area contributed by atoms with Crippen LogP contribution in [0.15, 0.2) is 12.1 Å². The van der Waals surface area contributed by atoms with E-state index in [9.17, 15) is 29.4 Å². The molecule has 3 unspecified atom stereocenters. The Balaban J connectivity index is 2.15. The first-order valence-electron chi connectivity index (χ1n) is 7.37. The van der Waals surface area contributed by atoms with Crippen LogP contribution in [-0.4, -0.2) is 57.2 Å². The molecular weight excluding hydrogens is 336 g/mol. The topological polar surface area (TPSA) is 156 Å². The van der Waals surface area contributed by atoms with Crippen molar-refractivity contribution in [2.45, 2.75) is 31.7 Å². The predicted molar refractivity (Wildman–Crippen MR) is 78.5 cm³/mol. The maximum Gasteiger partial charge on any atom is 0.343 e. The van der Waals surface area contributed by atoms with Gasteiger partial charge < -0.3 is 25.4 Å². The van der Waals surface area contributed by atoms with Gasteiger partial charge in [0.05, 0.1) is 17.3 Å². The summed E-state index contributed by atoms with van der Waals surface area (Å²) >= 11 is 0. The summed E-state index contributed by atoms with van der Waals surface area (Å²) in [5.74, 6) is -4.98. The highest BCUT2D eigenvalue weighted by Crippen LogP contribution is 2.40. The van der Waals surface area contributed by atoms with E-state index in [1.54, 1.807) is 6.92 Å². The largest absolute Gasteiger partial charge is 0.420 e. The Morgan fingerprint density at radius 1 is 1.08 bits per heavy atom. The molecule has 2 aliphatic heterocycles.